The molecule has 1 atom stereocenters. The Morgan fingerprint density at radius 3 is 2.89 bits per heavy atom. The largest absolute Gasteiger partial charge is 0.352 e. The molecule has 2 heterocycles. The van der Waals surface area contributed by atoms with Gasteiger partial charge in [-0.3, -0.25) is 9.78 Å². The molecular formula is C10H12BrN3O3S. The van der Waals surface area contributed by atoms with Crippen LogP contribution in [0.3, 0.4) is 0 Å². The minimum absolute atomic E-state index is 0.0386. The van der Waals surface area contributed by atoms with E-state index in [0.29, 0.717) is 17.3 Å². The van der Waals surface area contributed by atoms with Gasteiger partial charge in [0.25, 0.3) is 0 Å². The highest BCUT2D eigenvalue weighted by molar-refractivity contribution is 9.10. The van der Waals surface area contributed by atoms with Crippen molar-refractivity contribution in [1.29, 1.82) is 0 Å². The maximum absolute atomic E-state index is 11.9. The number of pyridine rings is 1. The Balaban J connectivity index is 2.01. The topological polar surface area (TPSA) is 88.2 Å². The molecule has 1 aromatic heterocycles. The fourth-order valence-electron chi connectivity index (χ4n) is 1.66. The highest BCUT2D eigenvalue weighted by atomic mass is 79.9. The molecule has 0 radical (unpaired) electrons. The average molecular weight is 334 g/mol. The van der Waals surface area contributed by atoms with Gasteiger partial charge in [-0.2, -0.15) is 0 Å². The van der Waals surface area contributed by atoms with Gasteiger partial charge in [0.2, 0.25) is 15.9 Å². The quantitative estimate of drug-likeness (QED) is 0.834. The van der Waals surface area contributed by atoms with Crippen molar-refractivity contribution >= 4 is 31.9 Å². The van der Waals surface area contributed by atoms with Gasteiger partial charge in [-0.15, -0.1) is 0 Å². The van der Waals surface area contributed by atoms with E-state index in [1.54, 1.807) is 0 Å². The van der Waals surface area contributed by atoms with E-state index in [-0.39, 0.29) is 23.4 Å². The zero-order valence-electron chi connectivity index (χ0n) is 9.39. The first-order chi connectivity index (χ1) is 8.47. The third-order valence-electron chi connectivity index (χ3n) is 2.59. The third-order valence-corrected chi connectivity index (χ3v) is 4.42. The van der Waals surface area contributed by atoms with Gasteiger partial charge < -0.3 is 5.32 Å². The van der Waals surface area contributed by atoms with E-state index in [9.17, 15) is 13.2 Å². The zero-order chi connectivity index (χ0) is 13.2. The maximum Gasteiger partial charge on any atom is 0.242 e. The fraction of sp³-hybridized carbons (Fsp3) is 0.400. The summed E-state index contributed by atoms with van der Waals surface area (Å²) in [5.74, 6) is -0.0386. The monoisotopic (exact) mass is 333 g/mol. The molecule has 0 aromatic carbocycles. The van der Waals surface area contributed by atoms with Gasteiger partial charge in [-0.05, 0) is 28.4 Å². The second-order valence-corrected chi connectivity index (χ2v) is 6.68. The second kappa shape index (κ2) is 5.33. The van der Waals surface area contributed by atoms with Gasteiger partial charge in [0.15, 0.2) is 0 Å². The summed E-state index contributed by atoms with van der Waals surface area (Å²) in [4.78, 5) is 14.9. The highest BCUT2D eigenvalue weighted by Crippen LogP contribution is 2.14. The number of hydrogen-bond donors (Lipinski definition) is 2. The SMILES string of the molecule is O=C1CCC(CNS(=O)(=O)c2cncc(Br)c2)N1. The van der Waals surface area contributed by atoms with Crippen LogP contribution in [-0.4, -0.2) is 31.9 Å². The van der Waals surface area contributed by atoms with Crippen LogP contribution < -0.4 is 10.0 Å². The molecule has 18 heavy (non-hydrogen) atoms. The summed E-state index contributed by atoms with van der Waals surface area (Å²) in [7, 11) is -3.58. The van der Waals surface area contributed by atoms with Crippen molar-refractivity contribution in [1.82, 2.24) is 15.0 Å². The smallest absolute Gasteiger partial charge is 0.242 e. The van der Waals surface area contributed by atoms with Crippen molar-refractivity contribution in [2.24, 2.45) is 0 Å². The number of amides is 1. The number of carbonyl (C=O) groups excluding carboxylic acids is 1. The van der Waals surface area contributed by atoms with E-state index in [1.807, 2.05) is 0 Å². The molecule has 8 heteroatoms. The number of nitrogens with zero attached hydrogens (tertiary/aromatic N) is 1. The lowest BCUT2D eigenvalue weighted by Crippen LogP contribution is -2.38. The van der Waals surface area contributed by atoms with Crippen LogP contribution in [0.5, 0.6) is 0 Å². The van der Waals surface area contributed by atoms with Crippen LogP contribution in [0.25, 0.3) is 0 Å². The van der Waals surface area contributed by atoms with Gasteiger partial charge in [-0.1, -0.05) is 0 Å². The lowest BCUT2D eigenvalue weighted by molar-refractivity contribution is -0.119. The average Bonchev–Trinajstić information content (AvgIpc) is 2.73. The van der Waals surface area contributed by atoms with Gasteiger partial charge in [0.1, 0.15) is 4.90 Å². The Morgan fingerprint density at radius 1 is 1.50 bits per heavy atom. The van der Waals surface area contributed by atoms with E-state index in [1.165, 1.54) is 18.5 Å². The first-order valence-corrected chi connectivity index (χ1v) is 7.64. The molecule has 1 saturated heterocycles. The van der Waals surface area contributed by atoms with Crippen molar-refractivity contribution in [3.05, 3.63) is 22.9 Å². The van der Waals surface area contributed by atoms with Crippen LogP contribution in [-0.2, 0) is 14.8 Å². The normalized spacial score (nSPS) is 19.8. The van der Waals surface area contributed by atoms with Crippen molar-refractivity contribution in [3.63, 3.8) is 0 Å². The third kappa shape index (κ3) is 3.27. The van der Waals surface area contributed by atoms with Gasteiger partial charge >= 0.3 is 0 Å². The molecule has 1 unspecified atom stereocenters. The van der Waals surface area contributed by atoms with Crippen LogP contribution in [0.4, 0.5) is 0 Å². The minimum Gasteiger partial charge on any atom is -0.352 e. The molecule has 0 saturated carbocycles. The number of aromatic nitrogens is 1. The van der Waals surface area contributed by atoms with Gasteiger partial charge in [0, 0.05) is 35.9 Å². The Morgan fingerprint density at radius 2 is 2.28 bits per heavy atom. The second-order valence-electron chi connectivity index (χ2n) is 3.99. The minimum atomic E-state index is -3.58. The Bertz CT molecular complexity index is 561. The molecular weight excluding hydrogens is 322 g/mol. The first kappa shape index (κ1) is 13.4. The van der Waals surface area contributed by atoms with Crippen LogP contribution in [0.15, 0.2) is 27.8 Å². The predicted octanol–water partition coefficient (Wildman–Crippen LogP) is 0.401. The summed E-state index contributed by atoms with van der Waals surface area (Å²) in [5.41, 5.74) is 0. The van der Waals surface area contributed by atoms with Crippen molar-refractivity contribution in [3.8, 4) is 0 Å². The van der Waals surface area contributed by atoms with Crippen LogP contribution in [0.2, 0.25) is 0 Å². The highest BCUT2D eigenvalue weighted by Gasteiger charge is 2.23. The molecule has 0 spiro atoms. The molecule has 1 amide bonds. The van der Waals surface area contributed by atoms with Gasteiger partial charge in [-0.25, -0.2) is 13.1 Å². The van der Waals surface area contributed by atoms with Crippen molar-refractivity contribution in [2.45, 2.75) is 23.8 Å². The summed E-state index contributed by atoms with van der Waals surface area (Å²) in [5, 5.41) is 2.70. The molecule has 1 fully saturated rings. The fourth-order valence-corrected chi connectivity index (χ4v) is 3.25. The van der Waals surface area contributed by atoms with Gasteiger partial charge in [0.05, 0.1) is 0 Å². The number of halogens is 1. The van der Waals surface area contributed by atoms with E-state index >= 15 is 0 Å². The standard InChI is InChI=1S/C10H12BrN3O3S/c11-7-3-9(6-12-4-7)18(16,17)13-5-8-1-2-10(15)14-8/h3-4,6,8,13H,1-2,5H2,(H,14,15). The molecule has 1 aromatic rings. The molecule has 2 rings (SSSR count). The summed E-state index contributed by atoms with van der Waals surface area (Å²) in [6.07, 6.45) is 3.89. The molecule has 98 valence electrons. The van der Waals surface area contributed by atoms with Crippen molar-refractivity contribution < 1.29 is 13.2 Å². The molecule has 6 nitrogen and oxygen atoms in total. The number of rotatable bonds is 4. The van der Waals surface area contributed by atoms with E-state index < -0.39 is 10.0 Å². The van der Waals surface area contributed by atoms with Crippen LogP contribution in [0.1, 0.15) is 12.8 Å². The summed E-state index contributed by atoms with van der Waals surface area (Å²) >= 11 is 3.17. The Kier molecular flexibility index (Phi) is 3.98. The maximum atomic E-state index is 11.9. The summed E-state index contributed by atoms with van der Waals surface area (Å²) < 4.78 is 26.9. The Labute approximate surface area is 113 Å². The summed E-state index contributed by atoms with van der Waals surface area (Å²) in [6.45, 7) is 0.195. The predicted molar refractivity (Wildman–Crippen MR) is 68.3 cm³/mol. The van der Waals surface area contributed by atoms with E-state index in [0.717, 1.165) is 0 Å². The number of sulfonamides is 1. The number of carbonyl (C=O) groups is 1. The Hall–Kier alpha value is -0.990. The molecule has 0 aliphatic carbocycles. The lowest BCUT2D eigenvalue weighted by Gasteiger charge is -2.11. The summed E-state index contributed by atoms with van der Waals surface area (Å²) in [6, 6.07) is 1.34. The molecule has 1 aliphatic rings. The van der Waals surface area contributed by atoms with Crippen LogP contribution in [0, 0.1) is 0 Å². The molecule has 1 aliphatic heterocycles. The zero-order valence-corrected chi connectivity index (χ0v) is 11.8. The van der Waals surface area contributed by atoms with Crippen molar-refractivity contribution in [2.75, 3.05) is 6.54 Å². The molecule has 2 N–H and O–H groups in total. The first-order valence-electron chi connectivity index (χ1n) is 5.37. The van der Waals surface area contributed by atoms with E-state index in [2.05, 4.69) is 31.0 Å². The lowest BCUT2D eigenvalue weighted by atomic mass is 10.2. The number of nitrogens with one attached hydrogen (secondary N) is 2. The molecule has 0 bridgehead atoms. The van der Waals surface area contributed by atoms with Crippen LogP contribution >= 0.6 is 15.9 Å². The number of hydrogen-bond acceptors (Lipinski definition) is 4. The van der Waals surface area contributed by atoms with E-state index in [4.69, 9.17) is 0 Å².